The number of aliphatic hydroxyl groups is 1. The number of hydrogen-bond donors (Lipinski definition) is 1. The Hall–Kier alpha value is -0.0400. The lowest BCUT2D eigenvalue weighted by atomic mass is 9.71. The molecule has 0 heterocycles. The van der Waals surface area contributed by atoms with Crippen LogP contribution in [0.4, 0.5) is 0 Å². The highest BCUT2D eigenvalue weighted by Gasteiger charge is 2.27. The fraction of sp³-hybridized carbons (Fsp3) is 1.00. The van der Waals surface area contributed by atoms with Gasteiger partial charge in [-0.05, 0) is 37.5 Å². The fourth-order valence-electron chi connectivity index (χ4n) is 2.86. The van der Waals surface area contributed by atoms with E-state index in [-0.39, 0.29) is 0 Å². The maximum Gasteiger partial charge on any atom is 0.0431 e. The Morgan fingerprint density at radius 3 is 1.29 bits per heavy atom. The van der Waals surface area contributed by atoms with Crippen molar-refractivity contribution in [2.45, 2.75) is 91.4 Å². The summed E-state index contributed by atoms with van der Waals surface area (Å²) in [6.45, 7) is 7.23. The minimum atomic E-state index is 0.367. The third kappa shape index (κ3) is 7.81. The average Bonchev–Trinajstić information content (AvgIpc) is 2.37. The van der Waals surface area contributed by atoms with Crippen LogP contribution in [0.15, 0.2) is 0 Å². The zero-order valence-electron chi connectivity index (χ0n) is 12.4. The minimum Gasteiger partial charge on any atom is -0.396 e. The number of hydrogen-bond acceptors (Lipinski definition) is 1. The molecule has 0 atom stereocenters. The largest absolute Gasteiger partial charge is 0.396 e. The molecule has 1 heteroatoms. The van der Waals surface area contributed by atoms with Crippen LogP contribution in [-0.2, 0) is 0 Å². The normalized spacial score (nSPS) is 12.0. The van der Waals surface area contributed by atoms with E-state index in [1.54, 1.807) is 0 Å². The Morgan fingerprint density at radius 1 is 0.647 bits per heavy atom. The number of aliphatic hydroxyl groups excluding tert-OH is 1. The van der Waals surface area contributed by atoms with E-state index in [4.69, 9.17) is 5.11 Å². The molecule has 1 N–H and O–H groups in total. The predicted molar refractivity (Wildman–Crippen MR) is 77.3 cm³/mol. The summed E-state index contributed by atoms with van der Waals surface area (Å²) in [5, 5.41) is 9.11. The van der Waals surface area contributed by atoms with Gasteiger partial charge in [0.2, 0.25) is 0 Å². The monoisotopic (exact) mass is 242 g/mol. The molecule has 0 aromatic heterocycles. The van der Waals surface area contributed by atoms with Gasteiger partial charge >= 0.3 is 0 Å². The van der Waals surface area contributed by atoms with Gasteiger partial charge in [-0.1, -0.05) is 59.3 Å². The minimum absolute atomic E-state index is 0.367. The van der Waals surface area contributed by atoms with E-state index < -0.39 is 0 Å². The first kappa shape index (κ1) is 17.0. The summed E-state index contributed by atoms with van der Waals surface area (Å²) in [7, 11) is 0. The van der Waals surface area contributed by atoms with Crippen molar-refractivity contribution in [2.75, 3.05) is 6.61 Å². The van der Waals surface area contributed by atoms with Crippen molar-refractivity contribution in [3.05, 3.63) is 0 Å². The Morgan fingerprint density at radius 2 is 1.00 bits per heavy atom. The Balaban J connectivity index is 4.39. The lowest BCUT2D eigenvalue weighted by molar-refractivity contribution is 0.158. The highest BCUT2D eigenvalue weighted by molar-refractivity contribution is 4.79. The Kier molecular flexibility index (Phi) is 11.0. The molecule has 0 radical (unpaired) electrons. The third-order valence-electron chi connectivity index (χ3n) is 4.05. The first-order valence-corrected chi connectivity index (χ1v) is 7.85. The molecule has 0 aliphatic carbocycles. The molecule has 1 nitrogen and oxygen atoms in total. The molecule has 0 saturated carbocycles. The van der Waals surface area contributed by atoms with E-state index in [0.29, 0.717) is 12.0 Å². The molecule has 0 aromatic rings. The van der Waals surface area contributed by atoms with Crippen LogP contribution >= 0.6 is 0 Å². The van der Waals surface area contributed by atoms with Gasteiger partial charge in [0.05, 0.1) is 0 Å². The van der Waals surface area contributed by atoms with E-state index in [2.05, 4.69) is 20.8 Å². The van der Waals surface area contributed by atoms with Gasteiger partial charge in [0.1, 0.15) is 0 Å². The summed E-state index contributed by atoms with van der Waals surface area (Å²) in [6.07, 6.45) is 14.4. The van der Waals surface area contributed by atoms with Crippen LogP contribution in [0.25, 0.3) is 0 Å². The van der Waals surface area contributed by atoms with E-state index >= 15 is 0 Å². The van der Waals surface area contributed by atoms with Crippen molar-refractivity contribution >= 4 is 0 Å². The van der Waals surface area contributed by atoms with Crippen molar-refractivity contribution in [1.82, 2.24) is 0 Å². The average molecular weight is 242 g/mol. The summed E-state index contributed by atoms with van der Waals surface area (Å²) in [4.78, 5) is 0. The molecule has 0 aliphatic heterocycles. The van der Waals surface area contributed by atoms with Gasteiger partial charge in [0.25, 0.3) is 0 Å². The fourth-order valence-corrected chi connectivity index (χ4v) is 2.86. The van der Waals surface area contributed by atoms with Crippen LogP contribution < -0.4 is 0 Å². The Bertz CT molecular complexity index is 116. The molecule has 0 rings (SSSR count). The maximum absolute atomic E-state index is 9.11. The van der Waals surface area contributed by atoms with E-state index in [9.17, 15) is 0 Å². The van der Waals surface area contributed by atoms with Crippen molar-refractivity contribution in [3.63, 3.8) is 0 Å². The van der Waals surface area contributed by atoms with Gasteiger partial charge in [0, 0.05) is 6.61 Å². The van der Waals surface area contributed by atoms with Gasteiger partial charge in [-0.25, -0.2) is 0 Å². The third-order valence-corrected chi connectivity index (χ3v) is 4.05. The quantitative estimate of drug-likeness (QED) is 0.491. The standard InChI is InChI=1S/C16H34O/c1-4-7-11-16(12-8-5-2,13-9-6-3)14-10-15-17/h17H,4-15H2,1-3H3. The van der Waals surface area contributed by atoms with Crippen molar-refractivity contribution in [3.8, 4) is 0 Å². The summed E-state index contributed by atoms with van der Waals surface area (Å²) in [5.41, 5.74) is 0.546. The van der Waals surface area contributed by atoms with Crippen LogP contribution in [0.5, 0.6) is 0 Å². The molecule has 104 valence electrons. The van der Waals surface area contributed by atoms with Crippen LogP contribution in [0, 0.1) is 5.41 Å². The molecule has 17 heavy (non-hydrogen) atoms. The van der Waals surface area contributed by atoms with Crippen LogP contribution in [-0.4, -0.2) is 11.7 Å². The molecule has 0 spiro atoms. The lowest BCUT2D eigenvalue weighted by Crippen LogP contribution is -2.21. The molecule has 0 aromatic carbocycles. The highest BCUT2D eigenvalue weighted by Crippen LogP contribution is 2.40. The Labute approximate surface area is 109 Å². The lowest BCUT2D eigenvalue weighted by Gasteiger charge is -2.34. The molecular formula is C16H34O. The zero-order chi connectivity index (χ0) is 13.0. The summed E-state index contributed by atoms with van der Waals surface area (Å²) in [6, 6.07) is 0. The van der Waals surface area contributed by atoms with Crippen molar-refractivity contribution in [2.24, 2.45) is 5.41 Å². The second-order valence-electron chi connectivity index (χ2n) is 5.64. The second-order valence-corrected chi connectivity index (χ2v) is 5.64. The predicted octanol–water partition coefficient (Wildman–Crippen LogP) is 5.32. The first-order valence-electron chi connectivity index (χ1n) is 7.85. The highest BCUT2D eigenvalue weighted by atomic mass is 16.2. The maximum atomic E-state index is 9.11. The van der Waals surface area contributed by atoms with E-state index in [1.165, 1.54) is 64.2 Å². The first-order chi connectivity index (χ1) is 8.24. The molecule has 0 bridgehead atoms. The molecule has 0 aliphatic rings. The summed E-state index contributed by atoms with van der Waals surface area (Å²) in [5.74, 6) is 0. The van der Waals surface area contributed by atoms with Gasteiger partial charge < -0.3 is 5.11 Å². The second kappa shape index (κ2) is 11.1. The number of rotatable bonds is 12. The van der Waals surface area contributed by atoms with Crippen LogP contribution in [0.1, 0.15) is 91.4 Å². The van der Waals surface area contributed by atoms with Gasteiger partial charge in [-0.15, -0.1) is 0 Å². The van der Waals surface area contributed by atoms with Gasteiger partial charge in [-0.3, -0.25) is 0 Å². The molecular weight excluding hydrogens is 208 g/mol. The molecule has 0 saturated heterocycles. The summed E-state index contributed by atoms with van der Waals surface area (Å²) >= 11 is 0. The van der Waals surface area contributed by atoms with Gasteiger partial charge in [-0.2, -0.15) is 0 Å². The topological polar surface area (TPSA) is 20.2 Å². The zero-order valence-corrected chi connectivity index (χ0v) is 12.4. The molecule has 0 unspecified atom stereocenters. The van der Waals surface area contributed by atoms with Gasteiger partial charge in [0.15, 0.2) is 0 Å². The van der Waals surface area contributed by atoms with Crippen molar-refractivity contribution < 1.29 is 5.11 Å². The SMILES string of the molecule is CCCCC(CCCC)(CCCC)CCCO. The summed E-state index contributed by atoms with van der Waals surface area (Å²) < 4.78 is 0. The molecule has 0 fully saturated rings. The van der Waals surface area contributed by atoms with Crippen LogP contribution in [0.2, 0.25) is 0 Å². The number of unbranched alkanes of at least 4 members (excludes halogenated alkanes) is 3. The van der Waals surface area contributed by atoms with Crippen molar-refractivity contribution in [1.29, 1.82) is 0 Å². The van der Waals surface area contributed by atoms with E-state index in [1.807, 2.05) is 0 Å². The van der Waals surface area contributed by atoms with E-state index in [0.717, 1.165) is 6.42 Å². The van der Waals surface area contributed by atoms with Crippen LogP contribution in [0.3, 0.4) is 0 Å². The smallest absolute Gasteiger partial charge is 0.0431 e. The molecule has 0 amide bonds.